The molecule has 8 heteroatoms. The first-order valence-electron chi connectivity index (χ1n) is 10.3. The molecule has 6 nitrogen and oxygen atoms in total. The van der Waals surface area contributed by atoms with Gasteiger partial charge in [-0.3, -0.25) is 14.3 Å². The molecule has 3 aromatic carbocycles. The maximum absolute atomic E-state index is 13.0. The van der Waals surface area contributed by atoms with Gasteiger partial charge in [-0.05, 0) is 41.3 Å². The number of nitrogens with one attached hydrogen (secondary N) is 1. The highest BCUT2D eigenvalue weighted by atomic mass is 32.2. The number of anilines is 1. The predicted molar refractivity (Wildman–Crippen MR) is 133 cm³/mol. The number of benzene rings is 3. The molecular weight excluding hydrogens is 456 g/mol. The van der Waals surface area contributed by atoms with Crippen molar-refractivity contribution in [1.82, 2.24) is 4.57 Å². The highest BCUT2D eigenvalue weighted by molar-refractivity contribution is 7.92. The van der Waals surface area contributed by atoms with Crippen LogP contribution in [0.4, 0.5) is 5.69 Å². The lowest BCUT2D eigenvalue weighted by Crippen LogP contribution is -2.14. The van der Waals surface area contributed by atoms with E-state index in [0.29, 0.717) is 21.3 Å². The second-order valence-corrected chi connectivity index (χ2v) is 11.6. The van der Waals surface area contributed by atoms with Crippen molar-refractivity contribution >= 4 is 43.0 Å². The van der Waals surface area contributed by atoms with Gasteiger partial charge in [0, 0.05) is 23.9 Å². The lowest BCUT2D eigenvalue weighted by atomic mass is 9.86. The van der Waals surface area contributed by atoms with Gasteiger partial charge in [-0.1, -0.05) is 68.5 Å². The number of rotatable bonds is 5. The molecule has 0 aliphatic carbocycles. The molecule has 0 aliphatic heterocycles. The van der Waals surface area contributed by atoms with Gasteiger partial charge in [0.2, 0.25) is 0 Å². The molecule has 0 saturated carbocycles. The van der Waals surface area contributed by atoms with E-state index in [0.717, 1.165) is 16.9 Å². The number of aromatic nitrogens is 1. The van der Waals surface area contributed by atoms with Crippen molar-refractivity contribution in [3.63, 3.8) is 0 Å². The van der Waals surface area contributed by atoms with Crippen molar-refractivity contribution in [1.29, 1.82) is 0 Å². The van der Waals surface area contributed by atoms with Gasteiger partial charge in [0.1, 0.15) is 0 Å². The zero-order chi connectivity index (χ0) is 24.0. The van der Waals surface area contributed by atoms with E-state index in [4.69, 9.17) is 0 Å². The van der Waals surface area contributed by atoms with Gasteiger partial charge in [0.25, 0.3) is 10.0 Å². The number of fused-ring (bicyclic) bond motifs is 1. The van der Waals surface area contributed by atoms with Gasteiger partial charge in [-0.25, -0.2) is 8.42 Å². The monoisotopic (exact) mass is 480 g/mol. The zero-order valence-electron chi connectivity index (χ0n) is 18.7. The van der Waals surface area contributed by atoms with E-state index in [-0.39, 0.29) is 26.7 Å². The molecule has 1 heterocycles. The fourth-order valence-corrected chi connectivity index (χ4v) is 5.58. The highest BCUT2D eigenvalue weighted by Crippen LogP contribution is 2.25. The number of carbonyl (C=O) groups excluding carboxylic acids is 1. The Labute approximate surface area is 196 Å². The molecule has 1 aromatic heterocycles. The Bertz CT molecular complexity index is 1520. The molecule has 0 amide bonds. The topological polar surface area (TPSA) is 85.2 Å². The van der Waals surface area contributed by atoms with Crippen LogP contribution in [0.3, 0.4) is 0 Å². The van der Waals surface area contributed by atoms with Crippen molar-refractivity contribution in [2.24, 2.45) is 7.05 Å². The number of nitrogens with zero attached hydrogens (tertiary/aromatic N) is 1. The van der Waals surface area contributed by atoms with E-state index in [1.807, 2.05) is 12.1 Å². The molecule has 0 atom stereocenters. The van der Waals surface area contributed by atoms with Crippen molar-refractivity contribution < 1.29 is 13.2 Å². The first-order valence-corrected chi connectivity index (χ1v) is 12.6. The molecule has 0 unspecified atom stereocenters. The Morgan fingerprint density at radius 2 is 1.64 bits per heavy atom. The molecule has 0 aliphatic rings. The number of hydrogen-bond donors (Lipinski definition) is 1. The number of sulfonamides is 1. The predicted octanol–water partition coefficient (Wildman–Crippen LogP) is 4.93. The SMILES string of the molecule is Cn1c(=O)sc2cc(S(=O)(=O)Nc3cccc(C(=O)c4ccc(C(C)(C)C)cc4)c3)ccc21. The van der Waals surface area contributed by atoms with Crippen LogP contribution in [0.5, 0.6) is 0 Å². The normalized spacial score (nSPS) is 12.1. The Balaban J connectivity index is 1.60. The Hall–Kier alpha value is -3.23. The van der Waals surface area contributed by atoms with Gasteiger partial charge in [-0.15, -0.1) is 0 Å². The lowest BCUT2D eigenvalue weighted by molar-refractivity contribution is 0.103. The number of hydrogen-bond acceptors (Lipinski definition) is 5. The molecule has 33 heavy (non-hydrogen) atoms. The van der Waals surface area contributed by atoms with E-state index in [1.54, 1.807) is 43.4 Å². The molecule has 4 aromatic rings. The summed E-state index contributed by atoms with van der Waals surface area (Å²) in [6.07, 6.45) is 0. The Morgan fingerprint density at radius 3 is 2.30 bits per heavy atom. The minimum absolute atomic E-state index is 0.0153. The van der Waals surface area contributed by atoms with E-state index in [9.17, 15) is 18.0 Å². The zero-order valence-corrected chi connectivity index (χ0v) is 20.4. The van der Waals surface area contributed by atoms with E-state index in [2.05, 4.69) is 25.5 Å². The van der Waals surface area contributed by atoms with Crippen molar-refractivity contribution in [2.45, 2.75) is 31.1 Å². The van der Waals surface area contributed by atoms with Gasteiger partial charge in [0.15, 0.2) is 5.78 Å². The summed E-state index contributed by atoms with van der Waals surface area (Å²) in [4.78, 5) is 24.7. The third kappa shape index (κ3) is 4.62. The average molecular weight is 481 g/mol. The van der Waals surface area contributed by atoms with Crippen LogP contribution in [0.2, 0.25) is 0 Å². The van der Waals surface area contributed by atoms with Crippen LogP contribution in [0.25, 0.3) is 10.2 Å². The molecule has 0 radical (unpaired) electrons. The van der Waals surface area contributed by atoms with Crippen LogP contribution in [0.15, 0.2) is 76.4 Å². The maximum atomic E-state index is 13.0. The van der Waals surface area contributed by atoms with Crippen LogP contribution < -0.4 is 9.60 Å². The third-order valence-electron chi connectivity index (χ3n) is 5.46. The largest absolute Gasteiger partial charge is 0.307 e. The molecule has 0 bridgehead atoms. The second kappa shape index (κ2) is 8.28. The van der Waals surface area contributed by atoms with Crippen LogP contribution in [-0.4, -0.2) is 18.8 Å². The van der Waals surface area contributed by atoms with E-state index in [1.165, 1.54) is 22.8 Å². The fourth-order valence-electron chi connectivity index (χ4n) is 3.51. The second-order valence-electron chi connectivity index (χ2n) is 8.90. The summed E-state index contributed by atoms with van der Waals surface area (Å²) in [5.41, 5.74) is 2.99. The van der Waals surface area contributed by atoms with Gasteiger partial charge < -0.3 is 4.57 Å². The van der Waals surface area contributed by atoms with Crippen LogP contribution >= 0.6 is 11.3 Å². The molecule has 170 valence electrons. The summed E-state index contributed by atoms with van der Waals surface area (Å²) in [6.45, 7) is 6.32. The first kappa shape index (κ1) is 22.9. The van der Waals surface area contributed by atoms with Crippen molar-refractivity contribution in [2.75, 3.05) is 4.72 Å². The summed E-state index contributed by atoms with van der Waals surface area (Å²) < 4.78 is 30.5. The smallest absolute Gasteiger partial charge is 0.302 e. The standard InChI is InChI=1S/C25H24N2O4S2/c1-25(2,3)18-10-8-16(9-11-18)23(28)17-6-5-7-19(14-17)26-33(30,31)20-12-13-21-22(15-20)32-24(29)27(21)4/h5-15,26H,1-4H3. The lowest BCUT2D eigenvalue weighted by Gasteiger charge is -2.19. The Morgan fingerprint density at radius 1 is 0.939 bits per heavy atom. The number of ketones is 1. The molecule has 0 fully saturated rings. The van der Waals surface area contributed by atoms with Gasteiger partial charge in [0.05, 0.1) is 15.1 Å². The summed E-state index contributed by atoms with van der Waals surface area (Å²) in [5, 5.41) is 0. The molecule has 0 spiro atoms. The van der Waals surface area contributed by atoms with Crippen molar-refractivity contribution in [3.05, 3.63) is 93.1 Å². The fraction of sp³-hybridized carbons (Fsp3) is 0.200. The van der Waals surface area contributed by atoms with Gasteiger partial charge in [-0.2, -0.15) is 0 Å². The van der Waals surface area contributed by atoms with Crippen LogP contribution in [-0.2, 0) is 22.5 Å². The summed E-state index contributed by atoms with van der Waals surface area (Å²) in [7, 11) is -2.26. The summed E-state index contributed by atoms with van der Waals surface area (Å²) >= 11 is 0.992. The quantitative estimate of drug-likeness (QED) is 0.411. The Kier molecular flexibility index (Phi) is 5.76. The third-order valence-corrected chi connectivity index (χ3v) is 7.84. The molecule has 1 N–H and O–H groups in total. The maximum Gasteiger partial charge on any atom is 0.307 e. The van der Waals surface area contributed by atoms with E-state index >= 15 is 0 Å². The molecule has 4 rings (SSSR count). The minimum atomic E-state index is -3.90. The van der Waals surface area contributed by atoms with Crippen LogP contribution in [0.1, 0.15) is 42.3 Å². The summed E-state index contributed by atoms with van der Waals surface area (Å²) in [5.74, 6) is -0.188. The highest BCUT2D eigenvalue weighted by Gasteiger charge is 2.18. The number of thiazole rings is 1. The number of carbonyl (C=O) groups is 1. The minimum Gasteiger partial charge on any atom is -0.302 e. The molecular formula is C25H24N2O4S2. The van der Waals surface area contributed by atoms with E-state index < -0.39 is 10.0 Å². The van der Waals surface area contributed by atoms with Crippen molar-refractivity contribution in [3.8, 4) is 0 Å². The first-order chi connectivity index (χ1) is 15.5. The average Bonchev–Trinajstić information content (AvgIpc) is 3.05. The molecule has 0 saturated heterocycles. The van der Waals surface area contributed by atoms with Gasteiger partial charge >= 0.3 is 4.87 Å². The number of aryl methyl sites for hydroxylation is 1. The van der Waals surface area contributed by atoms with Crippen LogP contribution in [0, 0.1) is 0 Å². The summed E-state index contributed by atoms with van der Waals surface area (Å²) in [6, 6.07) is 18.4.